The molecule has 2 aliphatic rings. The molecule has 0 aromatic heterocycles. The standard InChI is InChI=1S/C31H34ClFN2O5S/c1-18-10-13-26(33)28(19(18)2)20(3)29(31(36)37)35-17-34(24-11-12-24)27-15-23(32)14-25(30(27)41(35,38)39)21(4)40-16-22-8-6-5-7-9-22/h5-10,13-15,20-21,24,29H,11-12,16-17H2,1-4H3,(H,36,37)/t20?,21?,29-/m0/s1. The molecular weight excluding hydrogens is 567 g/mol. The number of halogens is 2. The number of anilines is 1. The van der Waals surface area contributed by atoms with Crippen LogP contribution >= 0.6 is 11.6 Å². The van der Waals surface area contributed by atoms with Crippen molar-refractivity contribution in [2.24, 2.45) is 0 Å². The second-order valence-electron chi connectivity index (χ2n) is 11.0. The molecule has 41 heavy (non-hydrogen) atoms. The minimum Gasteiger partial charge on any atom is -0.480 e. The fourth-order valence-corrected chi connectivity index (χ4v) is 8.01. The highest BCUT2D eigenvalue weighted by molar-refractivity contribution is 7.89. The number of aliphatic carboxylic acids is 1. The molecule has 0 spiro atoms. The molecule has 1 heterocycles. The number of hydrogen-bond donors (Lipinski definition) is 1. The summed E-state index contributed by atoms with van der Waals surface area (Å²) in [4.78, 5) is 14.8. The van der Waals surface area contributed by atoms with Crippen LogP contribution < -0.4 is 4.90 Å². The van der Waals surface area contributed by atoms with Crippen LogP contribution in [0.1, 0.15) is 66.5 Å². The largest absolute Gasteiger partial charge is 0.480 e. The molecule has 1 saturated carbocycles. The van der Waals surface area contributed by atoms with Gasteiger partial charge in [0.05, 0.1) is 25.1 Å². The van der Waals surface area contributed by atoms with Crippen molar-refractivity contribution in [3.8, 4) is 0 Å². The van der Waals surface area contributed by atoms with Gasteiger partial charge in [-0.05, 0) is 74.1 Å². The van der Waals surface area contributed by atoms with Gasteiger partial charge in [-0.25, -0.2) is 12.8 Å². The van der Waals surface area contributed by atoms with E-state index in [9.17, 15) is 18.3 Å². The quantitative estimate of drug-likeness (QED) is 0.299. The Labute approximate surface area is 245 Å². The Balaban J connectivity index is 1.61. The topological polar surface area (TPSA) is 87.2 Å². The smallest absolute Gasteiger partial charge is 0.322 e. The lowest BCUT2D eigenvalue weighted by molar-refractivity contribution is -0.142. The number of carbonyl (C=O) groups is 1. The van der Waals surface area contributed by atoms with Crippen molar-refractivity contribution in [1.29, 1.82) is 0 Å². The molecular formula is C31H34ClFN2O5S. The van der Waals surface area contributed by atoms with Crippen LogP contribution in [0, 0.1) is 19.7 Å². The SMILES string of the molecule is Cc1ccc(F)c(C(C)[C@@H](C(=O)O)N2CN(C3CC3)c3cc(Cl)cc(C(C)OCc4ccccc4)c3S2(=O)=O)c1C. The van der Waals surface area contributed by atoms with E-state index in [1.165, 1.54) is 6.07 Å². The molecule has 0 radical (unpaired) electrons. The van der Waals surface area contributed by atoms with Crippen molar-refractivity contribution in [3.05, 3.63) is 93.3 Å². The number of carboxylic acid groups (broad SMARTS) is 1. The number of benzene rings is 3. The van der Waals surface area contributed by atoms with E-state index in [-0.39, 0.29) is 29.8 Å². The summed E-state index contributed by atoms with van der Waals surface area (Å²) in [6.45, 7) is 6.95. The summed E-state index contributed by atoms with van der Waals surface area (Å²) >= 11 is 6.53. The normalized spacial score (nSPS) is 18.9. The summed E-state index contributed by atoms with van der Waals surface area (Å²) < 4.78 is 51.2. The van der Waals surface area contributed by atoms with Gasteiger partial charge in [-0.15, -0.1) is 0 Å². The third-order valence-corrected chi connectivity index (χ3v) is 10.4. The van der Waals surface area contributed by atoms with Gasteiger partial charge >= 0.3 is 5.97 Å². The lowest BCUT2D eigenvalue weighted by Crippen LogP contribution is -2.56. The average Bonchev–Trinajstić information content (AvgIpc) is 3.76. The van der Waals surface area contributed by atoms with Gasteiger partial charge in [0.25, 0.3) is 0 Å². The Morgan fingerprint density at radius 3 is 2.44 bits per heavy atom. The molecule has 218 valence electrons. The summed E-state index contributed by atoms with van der Waals surface area (Å²) in [6, 6.07) is 14.2. The molecule has 7 nitrogen and oxygen atoms in total. The number of fused-ring (bicyclic) bond motifs is 1. The lowest BCUT2D eigenvalue weighted by Gasteiger charge is -2.43. The maximum absolute atomic E-state index is 15.2. The molecule has 2 unspecified atom stereocenters. The van der Waals surface area contributed by atoms with Crippen LogP contribution in [-0.2, 0) is 26.2 Å². The minimum atomic E-state index is -4.38. The molecule has 1 N–H and O–H groups in total. The summed E-state index contributed by atoms with van der Waals surface area (Å²) in [5.41, 5.74) is 3.32. The maximum Gasteiger partial charge on any atom is 0.322 e. The summed E-state index contributed by atoms with van der Waals surface area (Å²) in [7, 11) is -4.38. The number of ether oxygens (including phenoxy) is 1. The monoisotopic (exact) mass is 600 g/mol. The van der Waals surface area contributed by atoms with Crippen LogP contribution in [0.4, 0.5) is 10.1 Å². The van der Waals surface area contributed by atoms with Crippen molar-refractivity contribution in [1.82, 2.24) is 4.31 Å². The maximum atomic E-state index is 15.2. The average molecular weight is 601 g/mol. The van der Waals surface area contributed by atoms with E-state index in [4.69, 9.17) is 16.3 Å². The van der Waals surface area contributed by atoms with Crippen molar-refractivity contribution in [3.63, 3.8) is 0 Å². The van der Waals surface area contributed by atoms with Crippen molar-refractivity contribution in [2.75, 3.05) is 11.6 Å². The first-order valence-corrected chi connectivity index (χ1v) is 15.5. The van der Waals surface area contributed by atoms with Crippen LogP contribution in [0.5, 0.6) is 0 Å². The fraction of sp³-hybridized carbons (Fsp3) is 0.387. The minimum absolute atomic E-state index is 0.0134. The molecule has 3 atom stereocenters. The van der Waals surface area contributed by atoms with Gasteiger partial charge < -0.3 is 14.7 Å². The molecule has 3 aromatic carbocycles. The first-order valence-electron chi connectivity index (χ1n) is 13.7. The first kappa shape index (κ1) is 29.5. The summed E-state index contributed by atoms with van der Waals surface area (Å²) in [6.07, 6.45) is 1.01. The third kappa shape index (κ3) is 5.60. The Morgan fingerprint density at radius 1 is 1.12 bits per heavy atom. The molecule has 1 aliphatic carbocycles. The molecule has 3 aromatic rings. The van der Waals surface area contributed by atoms with E-state index in [0.717, 1.165) is 28.3 Å². The van der Waals surface area contributed by atoms with Crippen molar-refractivity contribution >= 4 is 33.3 Å². The lowest BCUT2D eigenvalue weighted by atomic mass is 9.87. The Hall–Kier alpha value is -2.98. The zero-order valence-electron chi connectivity index (χ0n) is 23.5. The van der Waals surface area contributed by atoms with E-state index >= 15 is 4.39 Å². The van der Waals surface area contributed by atoms with Crippen molar-refractivity contribution in [2.45, 2.75) is 76.1 Å². The highest BCUT2D eigenvalue weighted by atomic mass is 35.5. The van der Waals surface area contributed by atoms with Gasteiger partial charge in [0.2, 0.25) is 10.0 Å². The number of aryl methyl sites for hydroxylation is 1. The predicted octanol–water partition coefficient (Wildman–Crippen LogP) is 6.56. The van der Waals surface area contributed by atoms with E-state index < -0.39 is 39.9 Å². The number of carboxylic acids is 1. The van der Waals surface area contributed by atoms with Gasteiger partial charge in [0, 0.05) is 22.5 Å². The second-order valence-corrected chi connectivity index (χ2v) is 13.3. The summed E-state index contributed by atoms with van der Waals surface area (Å²) in [5.74, 6) is -2.87. The van der Waals surface area contributed by atoms with Crippen LogP contribution in [0.2, 0.25) is 5.02 Å². The van der Waals surface area contributed by atoms with Crippen LogP contribution in [0.3, 0.4) is 0 Å². The van der Waals surface area contributed by atoms with Gasteiger partial charge in [-0.3, -0.25) is 4.79 Å². The van der Waals surface area contributed by atoms with E-state index in [0.29, 0.717) is 21.8 Å². The van der Waals surface area contributed by atoms with Gasteiger partial charge in [-0.2, -0.15) is 4.31 Å². The molecule has 0 bridgehead atoms. The number of rotatable bonds is 9. The zero-order valence-corrected chi connectivity index (χ0v) is 25.0. The number of nitrogens with zero attached hydrogens (tertiary/aromatic N) is 2. The van der Waals surface area contributed by atoms with Crippen molar-refractivity contribution < 1.29 is 27.4 Å². The Bertz CT molecular complexity index is 1580. The molecule has 1 aliphatic heterocycles. The van der Waals surface area contributed by atoms with Crippen LogP contribution in [-0.4, -0.2) is 42.6 Å². The molecule has 10 heteroatoms. The van der Waals surface area contributed by atoms with E-state index in [1.807, 2.05) is 42.2 Å². The zero-order chi connectivity index (χ0) is 29.6. The summed E-state index contributed by atoms with van der Waals surface area (Å²) in [5, 5.41) is 10.8. The second kappa shape index (κ2) is 11.4. The Morgan fingerprint density at radius 2 is 1.80 bits per heavy atom. The predicted molar refractivity (Wildman–Crippen MR) is 156 cm³/mol. The molecule has 5 rings (SSSR count). The highest BCUT2D eigenvalue weighted by Gasteiger charge is 2.49. The fourth-order valence-electron chi connectivity index (χ4n) is 5.74. The van der Waals surface area contributed by atoms with E-state index in [2.05, 4.69) is 0 Å². The van der Waals surface area contributed by atoms with E-state index in [1.54, 1.807) is 39.0 Å². The third-order valence-electron chi connectivity index (χ3n) is 8.22. The molecule has 0 saturated heterocycles. The highest BCUT2D eigenvalue weighted by Crippen LogP contribution is 2.47. The van der Waals surface area contributed by atoms with Crippen LogP contribution in [0.25, 0.3) is 0 Å². The molecule has 0 amide bonds. The molecule has 1 fully saturated rings. The van der Waals surface area contributed by atoms with Gasteiger partial charge in [0.15, 0.2) is 0 Å². The van der Waals surface area contributed by atoms with Gasteiger partial charge in [-0.1, -0.05) is 54.9 Å². The number of sulfonamides is 1. The van der Waals surface area contributed by atoms with Crippen LogP contribution in [0.15, 0.2) is 59.5 Å². The Kier molecular flexibility index (Phi) is 8.18. The van der Waals surface area contributed by atoms with Gasteiger partial charge in [0.1, 0.15) is 16.8 Å². The number of hydrogen-bond acceptors (Lipinski definition) is 5. The first-order chi connectivity index (χ1) is 19.4.